The fraction of sp³-hybridized carbons (Fsp3) is 0.848. The molecule has 0 aromatic rings. The zero-order valence-electron chi connectivity index (χ0n) is 29.6. The first-order chi connectivity index (χ1) is 22.7. The van der Waals surface area contributed by atoms with Crippen LogP contribution in [0.2, 0.25) is 0 Å². The van der Waals surface area contributed by atoms with Crippen LogP contribution in [0.3, 0.4) is 0 Å². The molecule has 15 heteroatoms. The highest BCUT2D eigenvalue weighted by Gasteiger charge is 2.40. The van der Waals surface area contributed by atoms with Crippen molar-refractivity contribution < 1.29 is 42.9 Å². The van der Waals surface area contributed by atoms with E-state index >= 15 is 0 Å². The molecule has 4 amide bonds. The molecular weight excluding hydrogens is 679 g/mol. The maximum absolute atomic E-state index is 12.5. The molecule has 2 fully saturated rings. The lowest BCUT2D eigenvalue weighted by molar-refractivity contribution is -0.159. The number of hydrogen-bond acceptors (Lipinski definition) is 12. The Kier molecular flexibility index (Phi) is 19.8. The predicted molar refractivity (Wildman–Crippen MR) is 192 cm³/mol. The van der Waals surface area contributed by atoms with Gasteiger partial charge in [-0.15, -0.1) is 11.8 Å². The third-order valence-electron chi connectivity index (χ3n) is 7.26. The van der Waals surface area contributed by atoms with Crippen LogP contribution in [0, 0.1) is 5.41 Å². The summed E-state index contributed by atoms with van der Waals surface area (Å²) in [4.78, 5) is 62.5. The molecule has 1 heterocycles. The molecule has 0 radical (unpaired) electrons. The number of rotatable bonds is 22. The van der Waals surface area contributed by atoms with Gasteiger partial charge >= 0.3 is 5.97 Å². The molecule has 2 rings (SSSR count). The van der Waals surface area contributed by atoms with Crippen LogP contribution >= 0.6 is 33.3 Å². The van der Waals surface area contributed by atoms with E-state index in [-0.39, 0.29) is 83.5 Å². The zero-order chi connectivity index (χ0) is 35.6. The van der Waals surface area contributed by atoms with Crippen molar-refractivity contribution >= 4 is 62.9 Å². The Bertz CT molecular complexity index is 1040. The Morgan fingerprint density at radius 1 is 0.812 bits per heavy atom. The largest absolute Gasteiger partial charge is 0.461 e. The molecule has 1 aliphatic heterocycles. The Balaban J connectivity index is 1.38. The second-order valence-electron chi connectivity index (χ2n) is 13.8. The van der Waals surface area contributed by atoms with Crippen LogP contribution in [0.5, 0.6) is 0 Å². The topological polar surface area (TPSA) is 150 Å². The average Bonchev–Trinajstić information content (AvgIpc) is 3.26. The van der Waals surface area contributed by atoms with Gasteiger partial charge in [0.15, 0.2) is 0 Å². The summed E-state index contributed by atoms with van der Waals surface area (Å²) < 4.78 is 22.1. The van der Waals surface area contributed by atoms with Gasteiger partial charge in [0.25, 0.3) is 0 Å². The third kappa shape index (κ3) is 17.9. The first-order valence-corrected chi connectivity index (χ1v) is 20.2. The molecule has 2 aliphatic rings. The van der Waals surface area contributed by atoms with Gasteiger partial charge in [0.1, 0.15) is 6.10 Å². The summed E-state index contributed by atoms with van der Waals surface area (Å²) >= 11 is 1.50. The van der Waals surface area contributed by atoms with E-state index in [0.29, 0.717) is 51.8 Å². The molecular formula is C33H57N3O9S3. The van der Waals surface area contributed by atoms with E-state index in [1.54, 1.807) is 21.6 Å². The second-order valence-corrected chi connectivity index (χ2v) is 18.5. The lowest BCUT2D eigenvalue weighted by atomic mass is 9.95. The minimum Gasteiger partial charge on any atom is -0.461 e. The van der Waals surface area contributed by atoms with Gasteiger partial charge in [0.05, 0.1) is 55.6 Å². The van der Waals surface area contributed by atoms with Crippen molar-refractivity contribution in [2.24, 2.45) is 5.41 Å². The van der Waals surface area contributed by atoms with Gasteiger partial charge in [-0.25, -0.2) is 0 Å². The number of thioether (sulfide) groups is 1. The maximum Gasteiger partial charge on any atom is 0.311 e. The monoisotopic (exact) mass is 735 g/mol. The highest BCUT2D eigenvalue weighted by Crippen LogP contribution is 2.38. The van der Waals surface area contributed by atoms with Crippen molar-refractivity contribution in [2.45, 2.75) is 108 Å². The number of carbonyl (C=O) groups is 5. The highest BCUT2D eigenvalue weighted by atomic mass is 33.1. The average molecular weight is 736 g/mol. The maximum atomic E-state index is 12.5. The van der Waals surface area contributed by atoms with Crippen molar-refractivity contribution in [3.05, 3.63) is 0 Å². The van der Waals surface area contributed by atoms with Crippen LogP contribution in [0.1, 0.15) is 86.5 Å². The minimum atomic E-state index is -0.506. The normalized spacial score (nSPS) is 20.2. The van der Waals surface area contributed by atoms with E-state index in [2.05, 4.69) is 10.6 Å². The molecule has 1 unspecified atom stereocenters. The smallest absolute Gasteiger partial charge is 0.311 e. The van der Waals surface area contributed by atoms with Gasteiger partial charge in [-0.2, -0.15) is 0 Å². The van der Waals surface area contributed by atoms with Crippen molar-refractivity contribution in [3.8, 4) is 0 Å². The standard InChI is InChI=1S/C33H57N3O9S3/c1-32(2,3)31(41)45-24-9-7-8-10-25(24)48-46-22-12-28(38)35-14-17-43-19-21-44-20-18-42-16-11-27(37)34-13-15-36-29(39)23-26(30(36)40)47-33(4,5)6/h24-26H,7-23H2,1-6H3,(H,34,37)(H,35,38)/t24-,25-,26?/m0/s1. The molecule has 1 saturated carbocycles. The number of amides is 4. The van der Waals surface area contributed by atoms with Crippen molar-refractivity contribution in [3.63, 3.8) is 0 Å². The molecule has 0 spiro atoms. The molecule has 48 heavy (non-hydrogen) atoms. The number of imide groups is 1. The van der Waals surface area contributed by atoms with Crippen LogP contribution in [-0.2, 0) is 42.9 Å². The fourth-order valence-corrected chi connectivity index (χ4v) is 8.90. The number of carbonyl (C=O) groups excluding carboxylic acids is 5. The minimum absolute atomic E-state index is 0.0196. The molecule has 1 aliphatic carbocycles. The molecule has 1 saturated heterocycles. The molecule has 2 N–H and O–H groups in total. The molecule has 3 atom stereocenters. The van der Waals surface area contributed by atoms with Crippen LogP contribution < -0.4 is 10.6 Å². The molecule has 0 aromatic carbocycles. The Hall–Kier alpha value is -1.52. The summed E-state index contributed by atoms with van der Waals surface area (Å²) in [5, 5.41) is 5.50. The van der Waals surface area contributed by atoms with E-state index in [4.69, 9.17) is 18.9 Å². The fourth-order valence-electron chi connectivity index (χ4n) is 4.75. The van der Waals surface area contributed by atoms with E-state index in [1.807, 2.05) is 41.5 Å². The summed E-state index contributed by atoms with van der Waals surface area (Å²) in [7, 11) is 3.39. The zero-order valence-corrected chi connectivity index (χ0v) is 32.0. The van der Waals surface area contributed by atoms with Gasteiger partial charge < -0.3 is 29.6 Å². The number of esters is 1. The SMILES string of the molecule is CC(C)(C)SC1CC(=O)N(CCNC(=O)CCOCCOCCOCCNC(=O)CCSS[C@H]2CCCC[C@@H]2OC(=O)C(C)(C)C)C1=O. The lowest BCUT2D eigenvalue weighted by Crippen LogP contribution is -2.39. The van der Waals surface area contributed by atoms with E-state index in [1.165, 1.54) is 16.7 Å². The van der Waals surface area contributed by atoms with Gasteiger partial charge in [-0.05, 0) is 40.0 Å². The Labute approximate surface area is 298 Å². The summed E-state index contributed by atoms with van der Waals surface area (Å²) in [5.74, 6) is -0.0683. The van der Waals surface area contributed by atoms with Gasteiger partial charge in [0, 0.05) is 49.4 Å². The van der Waals surface area contributed by atoms with Crippen molar-refractivity contribution in [2.75, 3.05) is 65.0 Å². The van der Waals surface area contributed by atoms with Crippen LogP contribution in [-0.4, -0.2) is 121 Å². The highest BCUT2D eigenvalue weighted by molar-refractivity contribution is 8.77. The summed E-state index contributed by atoms with van der Waals surface area (Å²) in [5.41, 5.74) is -0.506. The summed E-state index contributed by atoms with van der Waals surface area (Å²) in [6, 6.07) is 0. The Morgan fingerprint density at radius 2 is 1.42 bits per heavy atom. The van der Waals surface area contributed by atoms with Crippen LogP contribution in [0.25, 0.3) is 0 Å². The Morgan fingerprint density at radius 3 is 2.08 bits per heavy atom. The molecule has 276 valence electrons. The van der Waals surface area contributed by atoms with E-state index < -0.39 is 5.41 Å². The molecule has 12 nitrogen and oxygen atoms in total. The van der Waals surface area contributed by atoms with E-state index in [0.717, 1.165) is 25.7 Å². The summed E-state index contributed by atoms with van der Waals surface area (Å²) in [6.07, 6.45) is 4.87. The molecule has 0 aromatic heterocycles. The van der Waals surface area contributed by atoms with E-state index in [9.17, 15) is 24.0 Å². The van der Waals surface area contributed by atoms with Gasteiger partial charge in [-0.3, -0.25) is 28.9 Å². The first-order valence-electron chi connectivity index (χ1n) is 17.0. The number of likely N-dealkylation sites (tertiary alicyclic amines) is 1. The summed E-state index contributed by atoms with van der Waals surface area (Å²) in [6.45, 7) is 14.6. The number of nitrogens with one attached hydrogen (secondary N) is 2. The quantitative estimate of drug-likeness (QED) is 0.0717. The van der Waals surface area contributed by atoms with Crippen molar-refractivity contribution in [1.82, 2.24) is 15.5 Å². The number of ether oxygens (including phenoxy) is 4. The van der Waals surface area contributed by atoms with Crippen LogP contribution in [0.4, 0.5) is 0 Å². The van der Waals surface area contributed by atoms with Crippen LogP contribution in [0.15, 0.2) is 0 Å². The second kappa shape index (κ2) is 22.3. The number of nitrogens with zero attached hydrogens (tertiary/aromatic N) is 1. The van der Waals surface area contributed by atoms with Gasteiger partial charge in [0.2, 0.25) is 23.6 Å². The number of hydrogen-bond donors (Lipinski definition) is 2. The lowest BCUT2D eigenvalue weighted by Gasteiger charge is -2.32. The van der Waals surface area contributed by atoms with Gasteiger partial charge in [-0.1, -0.05) is 48.8 Å². The third-order valence-corrected chi connectivity index (χ3v) is 11.6. The molecule has 0 bridgehead atoms. The predicted octanol–water partition coefficient (Wildman–Crippen LogP) is 3.99. The first kappa shape index (κ1) is 42.6. The van der Waals surface area contributed by atoms with Crippen molar-refractivity contribution in [1.29, 1.82) is 0 Å².